The lowest BCUT2D eigenvalue weighted by molar-refractivity contribution is 0.408. The zero-order valence-corrected chi connectivity index (χ0v) is 8.16. The summed E-state index contributed by atoms with van der Waals surface area (Å²) in [5.74, 6) is 0.413. The van der Waals surface area contributed by atoms with E-state index in [4.69, 9.17) is 4.74 Å². The van der Waals surface area contributed by atoms with E-state index in [-0.39, 0.29) is 5.43 Å². The fourth-order valence-electron chi connectivity index (χ4n) is 0.750. The predicted molar refractivity (Wildman–Crippen MR) is 52.0 cm³/mol. The summed E-state index contributed by atoms with van der Waals surface area (Å²) in [5, 5.41) is 0. The summed E-state index contributed by atoms with van der Waals surface area (Å²) in [5.41, 5.74) is -0.0816. The van der Waals surface area contributed by atoms with Crippen molar-refractivity contribution in [1.29, 1.82) is 0 Å². The molecule has 0 aliphatic rings. The van der Waals surface area contributed by atoms with Gasteiger partial charge in [-0.2, -0.15) is 0 Å². The van der Waals surface area contributed by atoms with Crippen molar-refractivity contribution in [1.82, 2.24) is 0 Å². The highest BCUT2D eigenvalue weighted by molar-refractivity contribution is 14.1. The third-order valence-corrected chi connectivity index (χ3v) is 2.10. The quantitative estimate of drug-likeness (QED) is 0.719. The van der Waals surface area contributed by atoms with Gasteiger partial charge in [0.1, 0.15) is 0 Å². The van der Waals surface area contributed by atoms with Crippen LogP contribution >= 0.6 is 22.6 Å². The van der Waals surface area contributed by atoms with Crippen molar-refractivity contribution in [2.45, 2.75) is 0 Å². The Morgan fingerprint density at radius 2 is 2.00 bits per heavy atom. The van der Waals surface area contributed by atoms with Crippen molar-refractivity contribution in [2.75, 3.05) is 7.11 Å². The molecule has 0 saturated heterocycles. The van der Waals surface area contributed by atoms with Crippen LogP contribution in [-0.2, 0) is 0 Å². The van der Waals surface area contributed by atoms with Crippen molar-refractivity contribution >= 4 is 22.6 Å². The highest BCUT2D eigenvalue weighted by Gasteiger charge is 1.99. The molecule has 0 unspecified atom stereocenters. The SMILES string of the molecule is COc1c(I)ccccc1=O. The summed E-state index contributed by atoms with van der Waals surface area (Å²) in [6.45, 7) is 0. The van der Waals surface area contributed by atoms with Crippen LogP contribution in [-0.4, -0.2) is 7.11 Å². The van der Waals surface area contributed by atoms with Gasteiger partial charge in [-0.3, -0.25) is 4.79 Å². The number of ether oxygens (including phenoxy) is 1. The van der Waals surface area contributed by atoms with Gasteiger partial charge < -0.3 is 4.74 Å². The highest BCUT2D eigenvalue weighted by atomic mass is 127. The second-order valence-corrected chi connectivity index (χ2v) is 3.13. The zero-order chi connectivity index (χ0) is 8.27. The van der Waals surface area contributed by atoms with Crippen LogP contribution in [0.25, 0.3) is 0 Å². The molecule has 2 nitrogen and oxygen atoms in total. The molecule has 0 heterocycles. The van der Waals surface area contributed by atoms with E-state index in [9.17, 15) is 4.79 Å². The molecular weight excluding hydrogens is 255 g/mol. The molecule has 0 spiro atoms. The van der Waals surface area contributed by atoms with Gasteiger partial charge in [-0.25, -0.2) is 0 Å². The van der Waals surface area contributed by atoms with Gasteiger partial charge in [0, 0.05) is 0 Å². The third kappa shape index (κ3) is 1.92. The Labute approximate surface area is 78.3 Å². The van der Waals surface area contributed by atoms with Crippen LogP contribution in [0.2, 0.25) is 0 Å². The maximum absolute atomic E-state index is 11.1. The van der Waals surface area contributed by atoms with Crippen LogP contribution in [0.4, 0.5) is 0 Å². The van der Waals surface area contributed by atoms with Gasteiger partial charge in [-0.05, 0) is 34.7 Å². The average molecular weight is 262 g/mol. The molecule has 3 heteroatoms. The van der Waals surface area contributed by atoms with E-state index in [0.717, 1.165) is 3.57 Å². The van der Waals surface area contributed by atoms with Gasteiger partial charge in [0.05, 0.1) is 10.7 Å². The first-order chi connectivity index (χ1) is 5.25. The van der Waals surface area contributed by atoms with Crippen molar-refractivity contribution in [3.63, 3.8) is 0 Å². The zero-order valence-electron chi connectivity index (χ0n) is 6.00. The average Bonchev–Trinajstić information content (AvgIpc) is 2.12. The molecule has 0 aromatic heterocycles. The van der Waals surface area contributed by atoms with Crippen LogP contribution in [0.15, 0.2) is 29.1 Å². The summed E-state index contributed by atoms with van der Waals surface area (Å²) in [6, 6.07) is 6.83. The standard InChI is InChI=1S/C8H7IO2/c1-11-8-6(9)4-2-3-5-7(8)10/h2-5H,1H3. The first kappa shape index (κ1) is 8.52. The minimum atomic E-state index is -0.0816. The van der Waals surface area contributed by atoms with E-state index in [0.29, 0.717) is 5.75 Å². The van der Waals surface area contributed by atoms with E-state index in [2.05, 4.69) is 22.6 Å². The van der Waals surface area contributed by atoms with Gasteiger partial charge in [0.15, 0.2) is 5.75 Å². The topological polar surface area (TPSA) is 26.3 Å². The number of hydrogen-bond acceptors (Lipinski definition) is 2. The molecule has 0 bridgehead atoms. The Morgan fingerprint density at radius 3 is 2.64 bits per heavy atom. The number of rotatable bonds is 1. The Balaban J connectivity index is 3.44. The van der Waals surface area contributed by atoms with Crippen LogP contribution in [0.1, 0.15) is 0 Å². The molecule has 1 rings (SSSR count). The summed E-state index contributed by atoms with van der Waals surface area (Å²) in [6.07, 6.45) is 0. The molecule has 0 aliphatic heterocycles. The van der Waals surface area contributed by atoms with Gasteiger partial charge in [0.2, 0.25) is 5.43 Å². The number of methoxy groups -OCH3 is 1. The summed E-state index contributed by atoms with van der Waals surface area (Å²) in [7, 11) is 1.50. The Morgan fingerprint density at radius 1 is 1.36 bits per heavy atom. The second kappa shape index (κ2) is 3.71. The molecule has 1 aromatic rings. The normalized spacial score (nSPS) is 9.27. The smallest absolute Gasteiger partial charge is 0.221 e. The van der Waals surface area contributed by atoms with Crippen LogP contribution < -0.4 is 10.2 Å². The van der Waals surface area contributed by atoms with Crippen LogP contribution in [0.3, 0.4) is 0 Å². The van der Waals surface area contributed by atoms with Crippen LogP contribution in [0.5, 0.6) is 5.75 Å². The van der Waals surface area contributed by atoms with E-state index >= 15 is 0 Å². The Hall–Kier alpha value is -0.580. The molecule has 0 saturated carbocycles. The Kier molecular flexibility index (Phi) is 2.87. The first-order valence-electron chi connectivity index (χ1n) is 3.08. The maximum atomic E-state index is 11.1. The molecule has 1 aromatic carbocycles. The minimum Gasteiger partial charge on any atom is -0.492 e. The summed E-state index contributed by atoms with van der Waals surface area (Å²) < 4.78 is 5.75. The molecular formula is C8H7IO2. The summed E-state index contributed by atoms with van der Waals surface area (Å²) >= 11 is 2.07. The molecule has 0 fully saturated rings. The molecule has 11 heavy (non-hydrogen) atoms. The number of halogens is 1. The van der Waals surface area contributed by atoms with Gasteiger partial charge in [-0.1, -0.05) is 12.1 Å². The van der Waals surface area contributed by atoms with E-state index in [1.165, 1.54) is 13.2 Å². The lowest BCUT2D eigenvalue weighted by Crippen LogP contribution is -2.01. The van der Waals surface area contributed by atoms with E-state index in [1.54, 1.807) is 6.07 Å². The fourth-order valence-corrected chi connectivity index (χ4v) is 1.44. The predicted octanol–water partition coefficient (Wildman–Crippen LogP) is 1.66. The van der Waals surface area contributed by atoms with E-state index in [1.807, 2.05) is 12.1 Å². The molecule has 0 radical (unpaired) electrons. The van der Waals surface area contributed by atoms with Crippen molar-refractivity contribution in [3.8, 4) is 5.75 Å². The molecule has 0 atom stereocenters. The summed E-state index contributed by atoms with van der Waals surface area (Å²) in [4.78, 5) is 11.1. The molecule has 58 valence electrons. The van der Waals surface area contributed by atoms with E-state index < -0.39 is 0 Å². The monoisotopic (exact) mass is 262 g/mol. The largest absolute Gasteiger partial charge is 0.492 e. The highest BCUT2D eigenvalue weighted by Crippen LogP contribution is 2.12. The molecule has 0 N–H and O–H groups in total. The number of hydrogen-bond donors (Lipinski definition) is 0. The lowest BCUT2D eigenvalue weighted by atomic mass is 10.5. The second-order valence-electron chi connectivity index (χ2n) is 1.96. The third-order valence-electron chi connectivity index (χ3n) is 1.25. The minimum absolute atomic E-state index is 0.0816. The first-order valence-corrected chi connectivity index (χ1v) is 4.16. The van der Waals surface area contributed by atoms with Crippen molar-refractivity contribution in [3.05, 3.63) is 38.1 Å². The van der Waals surface area contributed by atoms with Gasteiger partial charge in [0.25, 0.3) is 0 Å². The molecule has 0 amide bonds. The van der Waals surface area contributed by atoms with Crippen LogP contribution in [0, 0.1) is 3.57 Å². The van der Waals surface area contributed by atoms with Gasteiger partial charge in [-0.15, -0.1) is 0 Å². The van der Waals surface area contributed by atoms with Crippen molar-refractivity contribution in [2.24, 2.45) is 0 Å². The van der Waals surface area contributed by atoms with Crippen molar-refractivity contribution < 1.29 is 4.74 Å². The molecule has 0 aliphatic carbocycles. The van der Waals surface area contributed by atoms with Gasteiger partial charge >= 0.3 is 0 Å². The Bertz CT molecular complexity index is 309. The lowest BCUT2D eigenvalue weighted by Gasteiger charge is -1.94. The maximum Gasteiger partial charge on any atom is 0.221 e. The fraction of sp³-hybridized carbons (Fsp3) is 0.125.